The van der Waals surface area contributed by atoms with Crippen molar-refractivity contribution in [2.45, 2.75) is 90.6 Å². The van der Waals surface area contributed by atoms with Crippen molar-refractivity contribution in [3.63, 3.8) is 0 Å². The maximum absolute atomic E-state index is 14.2. The standard InChI is InChI=1S/C31H37Cl2N5O2S.C27H30Cl2N4OS/c1-7-37(24-16-36(17-24)25(39)18-35(5)6)29(40)27-26(19(2)3)38-28(20-8-12-22(32)13-9-20)31(4,34-30(38)41-27)21-10-14-23(33)15-11-21;1-5-32(21-14-30-15-21)25(34)23-22(16(2)3)33-24(17-6-10-19(28)11-7-17)27(4,31-26(33)35-23)18-8-12-20(29)13-9-18/h8-15,19,24,28H,7,16-18H2,1-6H3;6-13,16,21,24,30H,5,14-15H2,1-4H3/t28-,31+;24-,27+/m11/s1. The SMILES string of the molecule is CCN(C(=O)C1=C(C(C)C)N2C(=N[C@@](C)(c3ccc(Cl)cc3)[C@H]2c2ccc(Cl)cc2)S1)C1CN(C(=O)CN(C)C)C1.CCN(C(=O)C1=C(C(C)C)N2C(=N[C@@](C)(c3ccc(Cl)cc3)[C@H]2c2ccc(Cl)cc2)S1)C1CNC1. The van der Waals surface area contributed by atoms with Crippen molar-refractivity contribution in [1.82, 2.24) is 34.7 Å². The van der Waals surface area contributed by atoms with E-state index in [4.69, 9.17) is 56.4 Å². The maximum Gasteiger partial charge on any atom is 0.262 e. The first-order chi connectivity index (χ1) is 36.2. The molecule has 6 aliphatic heterocycles. The summed E-state index contributed by atoms with van der Waals surface area (Å²) < 4.78 is 0. The summed E-state index contributed by atoms with van der Waals surface area (Å²) in [6, 6.07) is 31.7. The fourth-order valence-corrected chi connectivity index (χ4v) is 14.5. The largest absolute Gasteiger partial charge is 0.337 e. The van der Waals surface area contributed by atoms with E-state index in [1.807, 2.05) is 113 Å². The molecule has 0 aliphatic carbocycles. The molecule has 6 aliphatic rings. The van der Waals surface area contributed by atoms with Crippen LogP contribution in [0.15, 0.2) is 128 Å². The number of rotatable bonds is 14. The molecule has 0 saturated carbocycles. The minimum Gasteiger partial charge on any atom is -0.337 e. The lowest BCUT2D eigenvalue weighted by atomic mass is 9.81. The van der Waals surface area contributed by atoms with E-state index in [0.29, 0.717) is 52.8 Å². The second-order valence-electron chi connectivity index (χ2n) is 21.4. The Morgan fingerprint density at radius 1 is 0.605 bits per heavy atom. The van der Waals surface area contributed by atoms with Crippen LogP contribution in [0.25, 0.3) is 0 Å². The molecule has 18 heteroatoms. The summed E-state index contributed by atoms with van der Waals surface area (Å²) in [5.74, 6) is 0.429. The lowest BCUT2D eigenvalue weighted by molar-refractivity contribution is -0.144. The Hall–Kier alpha value is -4.51. The van der Waals surface area contributed by atoms with E-state index < -0.39 is 11.1 Å². The van der Waals surface area contributed by atoms with E-state index in [-0.39, 0.29) is 53.7 Å². The van der Waals surface area contributed by atoms with Crippen LogP contribution in [-0.4, -0.2) is 129 Å². The van der Waals surface area contributed by atoms with Crippen LogP contribution in [0.4, 0.5) is 0 Å². The molecule has 12 nitrogen and oxygen atoms in total. The number of fused-ring (bicyclic) bond motifs is 2. The summed E-state index contributed by atoms with van der Waals surface area (Å²) in [6.45, 7) is 21.4. The molecular formula is C58H67Cl4N9O3S2. The van der Waals surface area contributed by atoms with Gasteiger partial charge in [-0.2, -0.15) is 0 Å². The zero-order chi connectivity index (χ0) is 54.5. The number of likely N-dealkylation sites (N-methyl/N-ethyl adjacent to an activating group) is 3. The summed E-state index contributed by atoms with van der Waals surface area (Å²) in [7, 11) is 3.77. The molecule has 6 heterocycles. The van der Waals surface area contributed by atoms with Gasteiger partial charge >= 0.3 is 0 Å². The van der Waals surface area contributed by atoms with Crippen molar-refractivity contribution in [3.8, 4) is 0 Å². The van der Waals surface area contributed by atoms with E-state index in [0.717, 1.165) is 66.9 Å². The molecule has 0 radical (unpaired) electrons. The smallest absolute Gasteiger partial charge is 0.262 e. The van der Waals surface area contributed by atoms with Crippen molar-refractivity contribution in [1.29, 1.82) is 0 Å². The molecule has 3 amide bonds. The Bertz CT molecular complexity index is 2980. The van der Waals surface area contributed by atoms with Crippen LogP contribution >= 0.6 is 69.9 Å². The summed E-state index contributed by atoms with van der Waals surface area (Å²) in [5.41, 5.74) is 5.16. The number of hydrogen-bond donors (Lipinski definition) is 1. The molecule has 2 saturated heterocycles. The molecule has 0 spiro atoms. The van der Waals surface area contributed by atoms with Gasteiger partial charge in [-0.1, -0.05) is 123 Å². The second-order valence-corrected chi connectivity index (χ2v) is 25.1. The number of hydrogen-bond acceptors (Lipinski definition) is 11. The number of thioether (sulfide) groups is 2. The average Bonchev–Trinajstić information content (AvgIpc) is 4.10. The third-order valence-corrected chi connectivity index (χ3v) is 18.4. The first-order valence-corrected chi connectivity index (χ1v) is 29.2. The highest BCUT2D eigenvalue weighted by molar-refractivity contribution is 8.18. The van der Waals surface area contributed by atoms with E-state index in [2.05, 4.69) is 87.8 Å². The fourth-order valence-electron chi connectivity index (χ4n) is 11.2. The Kier molecular flexibility index (Phi) is 16.8. The van der Waals surface area contributed by atoms with Crippen molar-refractivity contribution < 1.29 is 14.4 Å². The number of amides is 3. The second kappa shape index (κ2) is 22.7. The Balaban J connectivity index is 0.000000188. The van der Waals surface area contributed by atoms with Gasteiger partial charge < -0.3 is 34.7 Å². The summed E-state index contributed by atoms with van der Waals surface area (Å²) in [4.78, 5) is 64.8. The first kappa shape index (κ1) is 56.2. The highest BCUT2D eigenvalue weighted by Gasteiger charge is 2.55. The molecule has 0 bridgehead atoms. The number of benzene rings is 4. The summed E-state index contributed by atoms with van der Waals surface area (Å²) >= 11 is 28.0. The predicted molar refractivity (Wildman–Crippen MR) is 314 cm³/mol. The van der Waals surface area contributed by atoms with E-state index in [9.17, 15) is 14.4 Å². The van der Waals surface area contributed by atoms with Crippen LogP contribution in [0, 0.1) is 11.8 Å². The number of carbonyl (C=O) groups excluding carboxylic acids is 3. The molecule has 0 unspecified atom stereocenters. The number of halogens is 4. The van der Waals surface area contributed by atoms with Crippen LogP contribution in [0.1, 0.15) is 89.7 Å². The molecule has 10 rings (SSSR count). The zero-order valence-electron chi connectivity index (χ0n) is 44.8. The average molecular weight is 1140 g/mol. The molecule has 2 fully saturated rings. The maximum atomic E-state index is 14.2. The monoisotopic (exact) mass is 1140 g/mol. The van der Waals surface area contributed by atoms with Crippen molar-refractivity contribution in [2.75, 3.05) is 59.9 Å². The molecule has 4 aromatic rings. The number of carbonyl (C=O) groups is 3. The number of amidine groups is 2. The van der Waals surface area contributed by atoms with Gasteiger partial charge in [-0.15, -0.1) is 0 Å². The van der Waals surface area contributed by atoms with E-state index >= 15 is 0 Å². The van der Waals surface area contributed by atoms with Gasteiger partial charge in [0, 0.05) is 70.8 Å². The van der Waals surface area contributed by atoms with Gasteiger partial charge in [-0.25, -0.2) is 9.98 Å². The highest BCUT2D eigenvalue weighted by Crippen LogP contribution is 2.58. The number of allylic oxidation sites excluding steroid dienone is 2. The number of nitrogens with one attached hydrogen (secondary N) is 1. The van der Waals surface area contributed by atoms with Crippen molar-refractivity contribution in [2.24, 2.45) is 21.8 Å². The summed E-state index contributed by atoms with van der Waals surface area (Å²) in [6.07, 6.45) is 0. The molecular weight excluding hydrogens is 1080 g/mol. The topological polar surface area (TPSA) is 107 Å². The van der Waals surface area contributed by atoms with Crippen LogP contribution in [-0.2, 0) is 25.5 Å². The highest BCUT2D eigenvalue weighted by atomic mass is 35.5. The van der Waals surface area contributed by atoms with Gasteiger partial charge in [0.2, 0.25) is 5.91 Å². The lowest BCUT2D eigenvalue weighted by Crippen LogP contribution is -2.63. The lowest BCUT2D eigenvalue weighted by Gasteiger charge is -2.45. The normalized spacial score (nSPS) is 23.1. The Morgan fingerprint density at radius 2 is 0.961 bits per heavy atom. The fraction of sp³-hybridized carbons (Fsp3) is 0.431. The van der Waals surface area contributed by atoms with Crippen molar-refractivity contribution >= 4 is 98.0 Å². The Labute approximate surface area is 476 Å². The zero-order valence-corrected chi connectivity index (χ0v) is 49.4. The van der Waals surface area contributed by atoms with E-state index in [1.165, 1.54) is 23.5 Å². The molecule has 76 heavy (non-hydrogen) atoms. The van der Waals surface area contributed by atoms with Gasteiger partial charge in [0.1, 0.15) is 20.9 Å². The van der Waals surface area contributed by atoms with Gasteiger partial charge in [0.05, 0.1) is 30.7 Å². The number of likely N-dealkylation sites (tertiary alicyclic amines) is 1. The third kappa shape index (κ3) is 10.6. The third-order valence-electron chi connectivity index (χ3n) is 15.2. The molecule has 402 valence electrons. The summed E-state index contributed by atoms with van der Waals surface area (Å²) in [5, 5.41) is 7.72. The van der Waals surface area contributed by atoms with Gasteiger partial charge in [-0.05, 0) is 148 Å². The first-order valence-electron chi connectivity index (χ1n) is 26.1. The minimum atomic E-state index is -0.610. The van der Waals surface area contributed by atoms with Crippen LogP contribution in [0.2, 0.25) is 20.1 Å². The Morgan fingerprint density at radius 3 is 1.28 bits per heavy atom. The van der Waals surface area contributed by atoms with E-state index in [1.54, 1.807) is 0 Å². The number of nitrogens with zero attached hydrogens (tertiary/aromatic N) is 8. The molecule has 0 aromatic heterocycles. The van der Waals surface area contributed by atoms with Crippen LogP contribution in [0.5, 0.6) is 0 Å². The quantitative estimate of drug-likeness (QED) is 0.132. The minimum absolute atomic E-state index is 0.00361. The van der Waals surface area contributed by atoms with Crippen molar-refractivity contribution in [3.05, 3.63) is 161 Å². The van der Waals surface area contributed by atoms with Gasteiger partial charge in [-0.3, -0.25) is 14.4 Å². The van der Waals surface area contributed by atoms with Gasteiger partial charge in [0.25, 0.3) is 11.8 Å². The van der Waals surface area contributed by atoms with Gasteiger partial charge in [0.15, 0.2) is 10.3 Å². The predicted octanol–water partition coefficient (Wildman–Crippen LogP) is 11.9. The number of aliphatic imine (C=N–C) groups is 2. The van der Waals surface area contributed by atoms with Crippen LogP contribution < -0.4 is 5.32 Å². The van der Waals surface area contributed by atoms with Crippen LogP contribution in [0.3, 0.4) is 0 Å². The molecule has 1 N–H and O–H groups in total. The molecule has 4 atom stereocenters. The molecule has 4 aromatic carbocycles.